The first-order chi connectivity index (χ1) is 31.1. The summed E-state index contributed by atoms with van der Waals surface area (Å²) in [6, 6.07) is 0. The van der Waals surface area contributed by atoms with Gasteiger partial charge >= 0.3 is 468 Å². The van der Waals surface area contributed by atoms with Gasteiger partial charge in [-0.25, -0.2) is 0 Å². The van der Waals surface area contributed by atoms with Crippen molar-refractivity contribution in [2.45, 2.75) is 249 Å². The maximum atomic E-state index is 2.96. The molecule has 0 fully saturated rings. The maximum Gasteiger partial charge on any atom is -1.00 e. The number of hydrogen-bond acceptors (Lipinski definition) is 0. The molecule has 416 valence electrons. The van der Waals surface area contributed by atoms with Crippen LogP contribution in [-0.4, -0.2) is 80.7 Å². The van der Waals surface area contributed by atoms with Gasteiger partial charge in [-0.3, -0.25) is 0 Å². The van der Waals surface area contributed by atoms with Crippen molar-refractivity contribution in [2.75, 3.05) is 0 Å². The Kier molecular flexibility index (Phi) is 21.9. The van der Waals surface area contributed by atoms with Crippen LogP contribution in [-0.2, 0) is 20.4 Å². The molecule has 3 aromatic carbocycles. The number of halogens is 3. The summed E-state index contributed by atoms with van der Waals surface area (Å²) in [5.74, 6) is 0. The molecule has 0 unspecified atom stereocenters. The molecule has 0 radical (unpaired) electrons. The van der Waals surface area contributed by atoms with E-state index in [0.717, 1.165) is 0 Å². The second-order valence-corrected chi connectivity index (χ2v) is 83.2. The molecule has 1 aliphatic carbocycles. The zero-order valence-electron chi connectivity index (χ0n) is 55.1. The van der Waals surface area contributed by atoms with Crippen LogP contribution >= 0.6 is 0 Å². The molecule has 0 saturated carbocycles. The molecule has 0 N–H and O–H groups in total. The Morgan fingerprint density at radius 1 is 0.216 bits per heavy atom. The van der Waals surface area contributed by atoms with Gasteiger partial charge in [-0.05, 0) is 0 Å². The summed E-state index contributed by atoms with van der Waals surface area (Å²) in [6.45, 7) is 101. The zero-order valence-corrected chi connectivity index (χ0v) is 69.0. The summed E-state index contributed by atoms with van der Waals surface area (Å²) >= 11 is 2.96. The van der Waals surface area contributed by atoms with Gasteiger partial charge in [-0.2, -0.15) is 0 Å². The van der Waals surface area contributed by atoms with Crippen molar-refractivity contribution >= 4 is 143 Å². The van der Waals surface area contributed by atoms with Gasteiger partial charge in [0.2, 0.25) is 0 Å². The first-order valence-corrected chi connectivity index (χ1v) is 62.0. The standard InChI is InChI=1S/C60H111Si10.3ClH.Ti/c1-38-39(2)41(4)48(40(38)3)70(58-52(64(20,21)22)45(8)42(5)49(61(11,12)13)55(58)67(29,30)31,59-53(65(23,24)25)46(9)43(6)50(62(14,15)16)56(59)68(32,33)34)60-54(66(26,27)28)47(10)44(7)51(63(17,18)19)57(60)69(35,36)37;;;;/h1-37H3;3*1H;/q;;;;+3/p-3. The Bertz CT molecular complexity index is 2480. The van der Waals surface area contributed by atoms with Crippen molar-refractivity contribution in [3.8, 4) is 0 Å². The quantitative estimate of drug-likeness (QED) is 0.183. The molecule has 0 aliphatic heterocycles. The van der Waals surface area contributed by atoms with Gasteiger partial charge in [0.1, 0.15) is 0 Å². The van der Waals surface area contributed by atoms with Gasteiger partial charge in [0.05, 0.1) is 0 Å². The predicted molar refractivity (Wildman–Crippen MR) is 359 cm³/mol. The number of hydrogen-bond donors (Lipinski definition) is 0. The van der Waals surface area contributed by atoms with Crippen LogP contribution in [0.5, 0.6) is 0 Å². The molecule has 0 saturated heterocycles. The van der Waals surface area contributed by atoms with E-state index in [1.165, 1.54) is 0 Å². The van der Waals surface area contributed by atoms with Crippen LogP contribution < -0.4 is 99.5 Å². The minimum atomic E-state index is -3.59. The fourth-order valence-corrected chi connectivity index (χ4v) is 60.0. The van der Waals surface area contributed by atoms with Crippen LogP contribution in [0, 0.1) is 41.5 Å². The van der Waals surface area contributed by atoms with E-state index in [-0.39, 0.29) is 40.6 Å². The van der Waals surface area contributed by atoms with Crippen LogP contribution in [0.25, 0.3) is 0 Å². The SMILES string of the molecule is CC1=C(C)[C]([Ti+3])([Si](c2c([Si](C)(C)C)c(C)c(C)c([Si](C)(C)C)c2[Si](C)(C)C)(c2c([Si](C)(C)C)c(C)c(C)c([Si](C)(C)C)c2[Si](C)(C)C)c2c([Si](C)(C)C)c(C)c(C)c([Si](C)(C)C)c2[Si](C)(C)C)C(C)=C1C.[Cl-].[Cl-].[Cl-]. The Hall–Kier alpha value is 0.893. The van der Waals surface area contributed by atoms with Crippen molar-refractivity contribution in [3.63, 3.8) is 0 Å². The molecule has 3 aromatic rings. The fourth-order valence-electron chi connectivity index (χ4n) is 14.9. The van der Waals surface area contributed by atoms with Crippen LogP contribution in [0.2, 0.25) is 180 Å². The average molecular weight is 1270 g/mol. The van der Waals surface area contributed by atoms with Gasteiger partial charge in [-0.15, -0.1) is 0 Å². The summed E-state index contributed by atoms with van der Waals surface area (Å²) in [5.41, 5.74) is 16.5. The van der Waals surface area contributed by atoms with Crippen molar-refractivity contribution < 1.29 is 57.7 Å². The molecule has 0 bridgehead atoms. The summed E-state index contributed by atoms with van der Waals surface area (Å²) in [7, 11) is -22.8. The van der Waals surface area contributed by atoms with Crippen molar-refractivity contribution in [1.82, 2.24) is 0 Å². The Morgan fingerprint density at radius 3 is 0.459 bits per heavy atom. The molecule has 1 aliphatic rings. The molecule has 0 nitrogen and oxygen atoms in total. The third kappa shape index (κ3) is 11.9. The summed E-state index contributed by atoms with van der Waals surface area (Å²) in [4.78, 5) is 0. The first kappa shape index (κ1) is 72.9. The monoisotopic (exact) mass is 1260 g/mol. The van der Waals surface area contributed by atoms with E-state index in [1.54, 1.807) is 55.7 Å². The van der Waals surface area contributed by atoms with Gasteiger partial charge in [0, 0.05) is 0 Å². The summed E-state index contributed by atoms with van der Waals surface area (Å²) < 4.78 is -0.231. The molecule has 0 aromatic heterocycles. The largest absolute Gasteiger partial charge is 1.00 e. The molecule has 74 heavy (non-hydrogen) atoms. The van der Waals surface area contributed by atoms with Crippen LogP contribution in [0.15, 0.2) is 22.3 Å². The molecule has 4 rings (SSSR count). The molecule has 0 spiro atoms. The summed E-state index contributed by atoms with van der Waals surface area (Å²) in [6.07, 6.45) is 0. The topological polar surface area (TPSA) is 0 Å². The smallest absolute Gasteiger partial charge is 1.00 e. The van der Waals surface area contributed by atoms with Crippen molar-refractivity contribution in [3.05, 3.63) is 55.7 Å². The molecule has 14 heteroatoms. The van der Waals surface area contributed by atoms with Crippen molar-refractivity contribution in [1.29, 1.82) is 0 Å². The third-order valence-electron chi connectivity index (χ3n) is 17.4. The van der Waals surface area contributed by atoms with E-state index in [0.29, 0.717) is 0 Å². The van der Waals surface area contributed by atoms with E-state index in [1.807, 2.05) is 62.2 Å². The van der Waals surface area contributed by atoms with E-state index in [2.05, 4.69) is 266 Å². The minimum Gasteiger partial charge on any atom is -1.00 e. The number of benzene rings is 3. The molecular weight excluding hydrogens is 1160 g/mol. The van der Waals surface area contributed by atoms with Gasteiger partial charge in [0.25, 0.3) is 0 Å². The molecular formula is C60H111Cl3Si10Ti. The molecule has 0 amide bonds. The zero-order chi connectivity index (χ0) is 56.2. The minimum absolute atomic E-state index is 0. The first-order valence-electron chi connectivity index (χ1n) is 27.8. The molecule has 0 heterocycles. The Morgan fingerprint density at radius 2 is 0.338 bits per heavy atom. The van der Waals surface area contributed by atoms with E-state index in [4.69, 9.17) is 0 Å². The predicted octanol–water partition coefficient (Wildman–Crippen LogP) is 2.86. The van der Waals surface area contributed by atoms with Crippen molar-refractivity contribution in [2.24, 2.45) is 0 Å². The Labute approximate surface area is 500 Å². The summed E-state index contributed by atoms with van der Waals surface area (Å²) in [5, 5.41) is 22.9. The number of rotatable bonds is 13. The average Bonchev–Trinajstić information content (AvgIpc) is 3.26. The second-order valence-electron chi connectivity index (χ2n) is 32.5. The van der Waals surface area contributed by atoms with Gasteiger partial charge in [-0.1, -0.05) is 0 Å². The number of allylic oxidation sites excluding steroid dienone is 4. The molecule has 0 atom stereocenters. The van der Waals surface area contributed by atoms with E-state index >= 15 is 0 Å². The Balaban J connectivity index is 0.00000913. The van der Waals surface area contributed by atoms with Crippen LogP contribution in [0.4, 0.5) is 0 Å². The van der Waals surface area contributed by atoms with Gasteiger partial charge in [0.15, 0.2) is 0 Å². The third-order valence-corrected chi connectivity index (χ3v) is 47.0. The van der Waals surface area contributed by atoms with Crippen LogP contribution in [0.3, 0.4) is 0 Å². The normalized spacial score (nSPS) is 15.7. The fraction of sp³-hybridized carbons (Fsp3) is 0.633. The van der Waals surface area contributed by atoms with E-state index < -0.39 is 80.7 Å². The van der Waals surface area contributed by atoms with Crippen LogP contribution in [0.1, 0.15) is 61.1 Å². The maximum absolute atomic E-state index is 3.59. The van der Waals surface area contributed by atoms with E-state index in [9.17, 15) is 0 Å². The van der Waals surface area contributed by atoms with Gasteiger partial charge < -0.3 is 37.2 Å². The second kappa shape index (κ2) is 22.2.